The van der Waals surface area contributed by atoms with Crippen molar-refractivity contribution >= 4 is 39.6 Å². The minimum Gasteiger partial charge on any atom is -0.388 e. The van der Waals surface area contributed by atoms with Crippen molar-refractivity contribution in [3.63, 3.8) is 0 Å². The first-order valence-electron chi connectivity index (χ1n) is 12.0. The number of hydrogen-bond donors (Lipinski definition) is 1. The number of nitro benzene ring substituents is 1. The van der Waals surface area contributed by atoms with Gasteiger partial charge in [0.25, 0.3) is 5.69 Å². The van der Waals surface area contributed by atoms with Gasteiger partial charge >= 0.3 is 0 Å². The topological polar surface area (TPSA) is 58.4 Å². The number of benzene rings is 4. The summed E-state index contributed by atoms with van der Waals surface area (Å²) in [7, 11) is 4.09. The van der Waals surface area contributed by atoms with Crippen LogP contribution in [0.5, 0.6) is 0 Å². The Kier molecular flexibility index (Phi) is 6.46. The Hall–Kier alpha value is -3.77. The van der Waals surface area contributed by atoms with Gasteiger partial charge in [-0.2, -0.15) is 0 Å². The van der Waals surface area contributed by atoms with Crippen molar-refractivity contribution in [3.05, 3.63) is 117 Å². The minimum atomic E-state index is -0.345. The third kappa shape index (κ3) is 4.44. The zero-order valence-corrected chi connectivity index (χ0v) is 21.5. The molecule has 1 N–H and O–H groups in total. The van der Waals surface area contributed by atoms with E-state index < -0.39 is 0 Å². The second-order valence-corrected chi connectivity index (χ2v) is 10.6. The van der Waals surface area contributed by atoms with Gasteiger partial charge in [0, 0.05) is 42.2 Å². The summed E-state index contributed by atoms with van der Waals surface area (Å²) in [5.74, 6) is 0. The Morgan fingerprint density at radius 3 is 2.44 bits per heavy atom. The fourth-order valence-electron chi connectivity index (χ4n) is 5.19. The first-order valence-corrected chi connectivity index (χ1v) is 12.9. The highest BCUT2D eigenvalue weighted by Crippen LogP contribution is 2.47. The van der Waals surface area contributed by atoms with Crippen LogP contribution in [0.3, 0.4) is 0 Å². The number of nitrogens with zero attached hydrogens (tertiary/aromatic N) is 2. The highest BCUT2D eigenvalue weighted by molar-refractivity contribution is 8.03. The predicted octanol–water partition coefficient (Wildman–Crippen LogP) is 7.76. The van der Waals surface area contributed by atoms with Gasteiger partial charge in [-0.15, -0.1) is 0 Å². The van der Waals surface area contributed by atoms with E-state index in [1.54, 1.807) is 23.9 Å². The molecule has 1 aliphatic rings. The molecular weight excluding hydrogens is 466 g/mol. The summed E-state index contributed by atoms with van der Waals surface area (Å²) in [6.07, 6.45) is 3.91. The molecule has 1 atom stereocenters. The molecular formula is C30H29N3O2S. The number of nitrogens with one attached hydrogen (secondary N) is 1. The normalized spacial score (nSPS) is 15.6. The number of anilines is 2. The molecule has 5 nitrogen and oxygen atoms in total. The van der Waals surface area contributed by atoms with Crippen molar-refractivity contribution in [2.24, 2.45) is 0 Å². The SMILES string of the molecule is CNc1ccc2ccccc2c1C(C)(C/C=C1\Sc2ccccc2N1C)Cc1ccc([N+](=O)[O-])cc1. The Balaban J connectivity index is 1.60. The lowest BCUT2D eigenvalue weighted by atomic mass is 9.72. The Morgan fingerprint density at radius 1 is 1.00 bits per heavy atom. The van der Waals surface area contributed by atoms with E-state index in [1.165, 1.54) is 31.9 Å². The fourth-order valence-corrected chi connectivity index (χ4v) is 6.27. The molecule has 0 fully saturated rings. The van der Waals surface area contributed by atoms with E-state index in [4.69, 9.17) is 0 Å². The van der Waals surface area contributed by atoms with Crippen molar-refractivity contribution in [1.29, 1.82) is 0 Å². The number of nitro groups is 1. The molecule has 0 aliphatic carbocycles. The zero-order chi connectivity index (χ0) is 25.3. The van der Waals surface area contributed by atoms with Crippen LogP contribution in [0.15, 0.2) is 101 Å². The van der Waals surface area contributed by atoms with E-state index >= 15 is 0 Å². The quantitative estimate of drug-likeness (QED) is 0.210. The number of para-hydroxylation sites is 1. The van der Waals surface area contributed by atoms with Gasteiger partial charge in [0.2, 0.25) is 0 Å². The van der Waals surface area contributed by atoms with Gasteiger partial charge in [0.05, 0.1) is 15.6 Å². The van der Waals surface area contributed by atoms with Crippen molar-refractivity contribution in [2.45, 2.75) is 30.1 Å². The standard InChI is InChI=1S/C30H29N3O2S/c1-30(20-21-12-15-23(16-13-21)33(34)35,19-18-28-32(3)26-10-6-7-11-27(26)36-28)29-24-9-5-4-8-22(24)14-17-25(29)31-2/h4-18,31H,19-20H2,1-3H3/b28-18-. The summed E-state index contributed by atoms with van der Waals surface area (Å²) in [6.45, 7) is 2.31. The number of allylic oxidation sites excluding steroid dienone is 1. The lowest BCUT2D eigenvalue weighted by molar-refractivity contribution is -0.384. The monoisotopic (exact) mass is 495 g/mol. The van der Waals surface area contributed by atoms with Crippen LogP contribution < -0.4 is 10.2 Å². The maximum Gasteiger partial charge on any atom is 0.269 e. The van der Waals surface area contributed by atoms with E-state index in [1.807, 2.05) is 19.2 Å². The molecule has 0 aromatic heterocycles. The van der Waals surface area contributed by atoms with Crippen LogP contribution in [0.4, 0.5) is 17.1 Å². The van der Waals surface area contributed by atoms with E-state index in [0.717, 1.165) is 24.1 Å². The van der Waals surface area contributed by atoms with E-state index in [9.17, 15) is 10.1 Å². The highest BCUT2D eigenvalue weighted by Gasteiger charge is 2.32. The smallest absolute Gasteiger partial charge is 0.269 e. The number of rotatable bonds is 7. The average Bonchev–Trinajstić information content (AvgIpc) is 3.22. The van der Waals surface area contributed by atoms with Crippen LogP contribution in [-0.4, -0.2) is 19.0 Å². The Morgan fingerprint density at radius 2 is 1.72 bits per heavy atom. The number of hydrogen-bond acceptors (Lipinski definition) is 5. The number of non-ortho nitro benzene ring substituents is 1. The largest absolute Gasteiger partial charge is 0.388 e. The summed E-state index contributed by atoms with van der Waals surface area (Å²) in [6, 6.07) is 28.3. The first kappa shape index (κ1) is 23.9. The van der Waals surface area contributed by atoms with Crippen LogP contribution in [0.25, 0.3) is 10.8 Å². The van der Waals surface area contributed by atoms with Crippen molar-refractivity contribution in [2.75, 3.05) is 24.3 Å². The molecule has 4 aromatic rings. The predicted molar refractivity (Wildman–Crippen MR) is 151 cm³/mol. The Bertz CT molecular complexity index is 1470. The fraction of sp³-hybridized carbons (Fsp3) is 0.200. The van der Waals surface area contributed by atoms with Crippen LogP contribution in [-0.2, 0) is 11.8 Å². The van der Waals surface area contributed by atoms with Gasteiger partial charge in [-0.05, 0) is 52.9 Å². The van der Waals surface area contributed by atoms with Crippen molar-refractivity contribution in [3.8, 4) is 0 Å². The summed E-state index contributed by atoms with van der Waals surface area (Å²) in [5, 5.41) is 18.3. The van der Waals surface area contributed by atoms with Crippen LogP contribution in [0.2, 0.25) is 0 Å². The van der Waals surface area contributed by atoms with Gasteiger partial charge in [0.1, 0.15) is 0 Å². The lowest BCUT2D eigenvalue weighted by Crippen LogP contribution is -2.27. The lowest BCUT2D eigenvalue weighted by Gasteiger charge is -2.33. The molecule has 182 valence electrons. The number of thioether (sulfide) groups is 1. The molecule has 5 rings (SSSR count). The summed E-state index contributed by atoms with van der Waals surface area (Å²) in [4.78, 5) is 14.4. The minimum absolute atomic E-state index is 0.116. The van der Waals surface area contributed by atoms with Gasteiger partial charge in [-0.25, -0.2) is 0 Å². The second kappa shape index (κ2) is 9.70. The Labute approximate surface area is 216 Å². The van der Waals surface area contributed by atoms with Gasteiger partial charge in [-0.1, -0.05) is 79.4 Å². The molecule has 0 spiro atoms. The van der Waals surface area contributed by atoms with Gasteiger partial charge in [-0.3, -0.25) is 10.1 Å². The maximum absolute atomic E-state index is 11.2. The molecule has 0 saturated carbocycles. The first-order chi connectivity index (χ1) is 17.4. The van der Waals surface area contributed by atoms with E-state index in [-0.39, 0.29) is 16.0 Å². The molecule has 0 amide bonds. The zero-order valence-electron chi connectivity index (χ0n) is 20.7. The second-order valence-electron chi connectivity index (χ2n) is 9.50. The van der Waals surface area contributed by atoms with Crippen molar-refractivity contribution < 1.29 is 4.92 Å². The maximum atomic E-state index is 11.2. The molecule has 0 saturated heterocycles. The van der Waals surface area contributed by atoms with E-state index in [2.05, 4.69) is 90.9 Å². The molecule has 1 heterocycles. The molecule has 1 aliphatic heterocycles. The molecule has 0 bridgehead atoms. The third-order valence-electron chi connectivity index (χ3n) is 7.04. The summed E-state index contributed by atoms with van der Waals surface area (Å²) >= 11 is 1.80. The molecule has 36 heavy (non-hydrogen) atoms. The molecule has 6 heteroatoms. The van der Waals surface area contributed by atoms with E-state index in [0.29, 0.717) is 0 Å². The van der Waals surface area contributed by atoms with Gasteiger partial charge in [0.15, 0.2) is 0 Å². The van der Waals surface area contributed by atoms with Crippen LogP contribution >= 0.6 is 11.8 Å². The molecule has 0 radical (unpaired) electrons. The highest BCUT2D eigenvalue weighted by atomic mass is 32.2. The van der Waals surface area contributed by atoms with Gasteiger partial charge < -0.3 is 10.2 Å². The summed E-state index contributed by atoms with van der Waals surface area (Å²) < 4.78 is 0. The average molecular weight is 496 g/mol. The van der Waals surface area contributed by atoms with Crippen LogP contribution in [0, 0.1) is 10.1 Å². The summed E-state index contributed by atoms with van der Waals surface area (Å²) in [5.41, 5.74) is 4.52. The number of fused-ring (bicyclic) bond motifs is 2. The molecule has 1 unspecified atom stereocenters. The third-order valence-corrected chi connectivity index (χ3v) is 8.26. The molecule has 4 aromatic carbocycles. The van der Waals surface area contributed by atoms with Crippen LogP contribution in [0.1, 0.15) is 24.5 Å². The van der Waals surface area contributed by atoms with Crippen molar-refractivity contribution in [1.82, 2.24) is 0 Å².